The van der Waals surface area contributed by atoms with Gasteiger partial charge in [-0.15, -0.1) is 0 Å². The molecule has 0 spiro atoms. The molecule has 1 aromatic heterocycles. The highest BCUT2D eigenvalue weighted by atomic mass is 16.5. The molecule has 0 N–H and O–H groups in total. The van der Waals surface area contributed by atoms with Crippen molar-refractivity contribution in [2.24, 2.45) is 0 Å². The quantitative estimate of drug-likeness (QED) is 0.799. The summed E-state index contributed by atoms with van der Waals surface area (Å²) in [7, 11) is 0. The first-order valence-corrected chi connectivity index (χ1v) is 6.54. The fourth-order valence-corrected chi connectivity index (χ4v) is 2.69. The minimum Gasteiger partial charge on any atom is -0.374 e. The Morgan fingerprint density at radius 1 is 1.50 bits per heavy atom. The summed E-state index contributed by atoms with van der Waals surface area (Å²) >= 11 is 0. The summed E-state index contributed by atoms with van der Waals surface area (Å²) in [6.07, 6.45) is 1.22. The largest absolute Gasteiger partial charge is 0.374 e. The van der Waals surface area contributed by atoms with Crippen molar-refractivity contribution in [2.75, 3.05) is 13.2 Å². The van der Waals surface area contributed by atoms with Crippen molar-refractivity contribution in [1.82, 2.24) is 9.88 Å². The number of pyridine rings is 1. The smallest absolute Gasteiger partial charge is 0.272 e. The topological polar surface area (TPSA) is 42.4 Å². The van der Waals surface area contributed by atoms with E-state index in [1.165, 1.54) is 0 Å². The van der Waals surface area contributed by atoms with Gasteiger partial charge in [-0.3, -0.25) is 4.79 Å². The van der Waals surface area contributed by atoms with Crippen LogP contribution in [0, 0.1) is 0 Å². The van der Waals surface area contributed by atoms with Gasteiger partial charge in [0.1, 0.15) is 5.69 Å². The molecule has 18 heavy (non-hydrogen) atoms. The summed E-state index contributed by atoms with van der Waals surface area (Å²) in [6.45, 7) is 5.57. The number of likely N-dealkylation sites (tertiary alicyclic amines) is 1. The fourth-order valence-electron chi connectivity index (χ4n) is 2.69. The number of aromatic nitrogens is 1. The summed E-state index contributed by atoms with van der Waals surface area (Å²) < 4.78 is 5.52. The first kappa shape index (κ1) is 11.7. The lowest BCUT2D eigenvalue weighted by Gasteiger charge is -2.26. The van der Waals surface area contributed by atoms with Crippen molar-refractivity contribution in [3.05, 3.63) is 29.6 Å². The van der Waals surface area contributed by atoms with Gasteiger partial charge in [-0.1, -0.05) is 19.9 Å². The molecule has 2 aliphatic rings. The normalized spacial score (nSPS) is 26.1. The van der Waals surface area contributed by atoms with Crippen LogP contribution in [0.2, 0.25) is 0 Å². The zero-order chi connectivity index (χ0) is 12.7. The summed E-state index contributed by atoms with van der Waals surface area (Å²) in [5.41, 5.74) is 1.54. The Kier molecular flexibility index (Phi) is 2.82. The average Bonchev–Trinajstić information content (AvgIpc) is 3.00. The zero-order valence-corrected chi connectivity index (χ0v) is 10.8. The maximum absolute atomic E-state index is 12.4. The fraction of sp³-hybridized carbons (Fsp3) is 0.571. The van der Waals surface area contributed by atoms with Gasteiger partial charge in [-0.25, -0.2) is 4.98 Å². The number of rotatable bonds is 2. The maximum Gasteiger partial charge on any atom is 0.272 e. The number of nitrogens with zero attached hydrogens (tertiary/aromatic N) is 2. The summed E-state index contributed by atoms with van der Waals surface area (Å²) in [4.78, 5) is 18.8. The van der Waals surface area contributed by atoms with E-state index < -0.39 is 0 Å². The number of hydrogen-bond donors (Lipinski definition) is 0. The first-order valence-electron chi connectivity index (χ1n) is 6.54. The molecule has 2 saturated heterocycles. The molecule has 3 rings (SSSR count). The third-order valence-corrected chi connectivity index (χ3v) is 3.74. The summed E-state index contributed by atoms with van der Waals surface area (Å²) in [5.74, 6) is 0.393. The Morgan fingerprint density at radius 2 is 2.33 bits per heavy atom. The molecule has 2 aliphatic heterocycles. The molecule has 1 amide bonds. The molecule has 2 atom stereocenters. The number of hydrogen-bond acceptors (Lipinski definition) is 3. The molecular weight excluding hydrogens is 228 g/mol. The number of fused-ring (bicyclic) bond motifs is 2. The number of carbonyl (C=O) groups excluding carboxylic acids is 1. The molecule has 4 nitrogen and oxygen atoms in total. The SMILES string of the molecule is CC(C)c1cccc(C(=O)N2CC3CC2CO3)n1. The van der Waals surface area contributed by atoms with Gasteiger partial charge in [0.2, 0.25) is 0 Å². The van der Waals surface area contributed by atoms with Crippen molar-refractivity contribution >= 4 is 5.91 Å². The molecule has 0 saturated carbocycles. The van der Waals surface area contributed by atoms with Gasteiger partial charge in [0.25, 0.3) is 5.91 Å². The Bertz CT molecular complexity index is 473. The zero-order valence-electron chi connectivity index (χ0n) is 10.8. The third-order valence-electron chi connectivity index (χ3n) is 3.74. The van der Waals surface area contributed by atoms with Gasteiger partial charge in [-0.2, -0.15) is 0 Å². The van der Waals surface area contributed by atoms with Gasteiger partial charge < -0.3 is 9.64 Å². The molecule has 2 unspecified atom stereocenters. The van der Waals surface area contributed by atoms with Crippen molar-refractivity contribution in [3.8, 4) is 0 Å². The van der Waals surface area contributed by atoms with E-state index in [1.54, 1.807) is 6.07 Å². The first-order chi connectivity index (χ1) is 8.65. The molecule has 4 heteroatoms. The Balaban J connectivity index is 1.82. The molecule has 0 radical (unpaired) electrons. The molecule has 0 aromatic carbocycles. The van der Waals surface area contributed by atoms with E-state index in [0.717, 1.165) is 18.7 Å². The monoisotopic (exact) mass is 246 g/mol. The van der Waals surface area contributed by atoms with E-state index in [2.05, 4.69) is 18.8 Å². The van der Waals surface area contributed by atoms with Crippen LogP contribution in [0.3, 0.4) is 0 Å². The second-order valence-electron chi connectivity index (χ2n) is 5.40. The van der Waals surface area contributed by atoms with Crippen molar-refractivity contribution in [1.29, 1.82) is 0 Å². The molecule has 1 aromatic rings. The lowest BCUT2D eigenvalue weighted by atomic mass is 10.1. The van der Waals surface area contributed by atoms with Crippen LogP contribution >= 0.6 is 0 Å². The minimum atomic E-state index is 0.0494. The number of ether oxygens (including phenoxy) is 1. The van der Waals surface area contributed by atoms with Crippen molar-refractivity contribution in [2.45, 2.75) is 38.3 Å². The van der Waals surface area contributed by atoms with E-state index in [4.69, 9.17) is 4.74 Å². The lowest BCUT2D eigenvalue weighted by molar-refractivity contribution is 0.0255. The predicted octanol–water partition coefficient (Wildman–Crippen LogP) is 1.82. The molecule has 96 valence electrons. The van der Waals surface area contributed by atoms with Gasteiger partial charge in [0, 0.05) is 12.2 Å². The average molecular weight is 246 g/mol. The van der Waals surface area contributed by atoms with E-state index in [-0.39, 0.29) is 18.1 Å². The van der Waals surface area contributed by atoms with Gasteiger partial charge >= 0.3 is 0 Å². The van der Waals surface area contributed by atoms with Crippen molar-refractivity contribution < 1.29 is 9.53 Å². The number of morpholine rings is 1. The lowest BCUT2D eigenvalue weighted by Crippen LogP contribution is -2.41. The van der Waals surface area contributed by atoms with Crippen LogP contribution in [0.1, 0.15) is 42.4 Å². The van der Waals surface area contributed by atoms with E-state index in [0.29, 0.717) is 18.2 Å². The number of carbonyl (C=O) groups is 1. The minimum absolute atomic E-state index is 0.0494. The van der Waals surface area contributed by atoms with Gasteiger partial charge in [-0.05, 0) is 24.5 Å². The van der Waals surface area contributed by atoms with Crippen LogP contribution in [0.4, 0.5) is 0 Å². The third kappa shape index (κ3) is 1.90. The predicted molar refractivity (Wildman–Crippen MR) is 67.5 cm³/mol. The molecule has 2 bridgehead atoms. The van der Waals surface area contributed by atoms with Crippen LogP contribution in [-0.4, -0.2) is 41.1 Å². The molecule has 0 aliphatic carbocycles. The standard InChI is InChI=1S/C14H18N2O2/c1-9(2)12-4-3-5-13(15-12)14(17)16-7-11-6-10(16)8-18-11/h3-5,9-11H,6-8H2,1-2H3. The number of amides is 1. The second-order valence-corrected chi connectivity index (χ2v) is 5.40. The van der Waals surface area contributed by atoms with Gasteiger partial charge in [0.15, 0.2) is 0 Å². The Morgan fingerprint density at radius 3 is 2.94 bits per heavy atom. The van der Waals surface area contributed by atoms with Crippen LogP contribution in [0.5, 0.6) is 0 Å². The van der Waals surface area contributed by atoms with Crippen LogP contribution in [-0.2, 0) is 4.74 Å². The van der Waals surface area contributed by atoms with E-state index >= 15 is 0 Å². The summed E-state index contributed by atoms with van der Waals surface area (Å²) in [5, 5.41) is 0. The van der Waals surface area contributed by atoms with Crippen molar-refractivity contribution in [3.63, 3.8) is 0 Å². The van der Waals surface area contributed by atoms with Crippen LogP contribution in [0.25, 0.3) is 0 Å². The Labute approximate surface area is 107 Å². The molecule has 2 fully saturated rings. The van der Waals surface area contributed by atoms with Gasteiger partial charge in [0.05, 0.1) is 18.8 Å². The highest BCUT2D eigenvalue weighted by Gasteiger charge is 2.41. The maximum atomic E-state index is 12.4. The molecule has 3 heterocycles. The van der Waals surface area contributed by atoms with Crippen LogP contribution < -0.4 is 0 Å². The second kappa shape index (κ2) is 4.35. The van der Waals surface area contributed by atoms with Crippen LogP contribution in [0.15, 0.2) is 18.2 Å². The van der Waals surface area contributed by atoms with E-state index in [9.17, 15) is 4.79 Å². The summed E-state index contributed by atoms with van der Waals surface area (Å²) in [6, 6.07) is 5.95. The Hall–Kier alpha value is -1.42. The highest BCUT2D eigenvalue weighted by Crippen LogP contribution is 2.28. The van der Waals surface area contributed by atoms with E-state index in [1.807, 2.05) is 17.0 Å². The highest BCUT2D eigenvalue weighted by molar-refractivity contribution is 5.92. The molecular formula is C14H18N2O2.